The number of nitrogen functional groups attached to an aromatic ring is 1. The SMILES string of the molecule is COCCCOCCOc1cc(N)ccc1C. The Kier molecular flexibility index (Phi) is 6.43. The molecule has 0 amide bonds. The van der Waals surface area contributed by atoms with E-state index in [1.54, 1.807) is 7.11 Å². The minimum atomic E-state index is 0.539. The highest BCUT2D eigenvalue weighted by Gasteiger charge is 1.99. The third-order valence-corrected chi connectivity index (χ3v) is 2.33. The zero-order valence-corrected chi connectivity index (χ0v) is 10.6. The topological polar surface area (TPSA) is 53.7 Å². The summed E-state index contributed by atoms with van der Waals surface area (Å²) >= 11 is 0. The van der Waals surface area contributed by atoms with Gasteiger partial charge in [-0.25, -0.2) is 0 Å². The van der Waals surface area contributed by atoms with E-state index in [9.17, 15) is 0 Å². The lowest BCUT2D eigenvalue weighted by molar-refractivity contribution is 0.0805. The van der Waals surface area contributed by atoms with E-state index in [0.717, 1.165) is 24.3 Å². The van der Waals surface area contributed by atoms with E-state index in [2.05, 4.69) is 0 Å². The van der Waals surface area contributed by atoms with Crippen molar-refractivity contribution in [2.45, 2.75) is 13.3 Å². The number of anilines is 1. The second-order valence-electron chi connectivity index (χ2n) is 3.83. The second kappa shape index (κ2) is 7.92. The van der Waals surface area contributed by atoms with Crippen molar-refractivity contribution < 1.29 is 14.2 Å². The Balaban J connectivity index is 2.15. The van der Waals surface area contributed by atoms with Crippen LogP contribution in [0, 0.1) is 6.92 Å². The molecule has 0 aliphatic carbocycles. The summed E-state index contributed by atoms with van der Waals surface area (Å²) in [6.45, 7) is 4.55. The number of hydrogen-bond acceptors (Lipinski definition) is 4. The van der Waals surface area contributed by atoms with E-state index in [1.807, 2.05) is 25.1 Å². The highest BCUT2D eigenvalue weighted by Crippen LogP contribution is 2.20. The summed E-state index contributed by atoms with van der Waals surface area (Å²) in [4.78, 5) is 0. The Morgan fingerprint density at radius 1 is 1.12 bits per heavy atom. The summed E-state index contributed by atoms with van der Waals surface area (Å²) in [5.41, 5.74) is 7.48. The summed E-state index contributed by atoms with van der Waals surface area (Å²) in [6, 6.07) is 5.65. The van der Waals surface area contributed by atoms with Gasteiger partial charge in [0, 0.05) is 32.1 Å². The van der Waals surface area contributed by atoms with E-state index < -0.39 is 0 Å². The summed E-state index contributed by atoms with van der Waals surface area (Å²) in [7, 11) is 1.69. The Bertz CT molecular complexity index is 328. The molecular formula is C13H21NO3. The van der Waals surface area contributed by atoms with Gasteiger partial charge in [0.1, 0.15) is 12.4 Å². The number of aryl methyl sites for hydroxylation is 1. The molecule has 0 saturated carbocycles. The van der Waals surface area contributed by atoms with E-state index in [-0.39, 0.29) is 0 Å². The molecule has 0 fully saturated rings. The number of nitrogens with two attached hydrogens (primary N) is 1. The zero-order chi connectivity index (χ0) is 12.5. The lowest BCUT2D eigenvalue weighted by Crippen LogP contribution is -2.09. The molecule has 0 atom stereocenters. The van der Waals surface area contributed by atoms with Crippen LogP contribution in [0.3, 0.4) is 0 Å². The van der Waals surface area contributed by atoms with Gasteiger partial charge >= 0.3 is 0 Å². The third-order valence-electron chi connectivity index (χ3n) is 2.33. The van der Waals surface area contributed by atoms with E-state index >= 15 is 0 Å². The summed E-state index contributed by atoms with van der Waals surface area (Å²) < 4.78 is 15.9. The van der Waals surface area contributed by atoms with Crippen LogP contribution in [0.15, 0.2) is 18.2 Å². The predicted molar refractivity (Wildman–Crippen MR) is 68.4 cm³/mol. The maximum absolute atomic E-state index is 5.69. The van der Waals surface area contributed by atoms with Gasteiger partial charge in [0.25, 0.3) is 0 Å². The molecule has 1 aromatic rings. The molecule has 4 heteroatoms. The van der Waals surface area contributed by atoms with Gasteiger partial charge < -0.3 is 19.9 Å². The van der Waals surface area contributed by atoms with Crippen LogP contribution in [0.4, 0.5) is 5.69 Å². The third kappa shape index (κ3) is 5.56. The molecule has 0 aliphatic heterocycles. The van der Waals surface area contributed by atoms with Crippen LogP contribution in [0.2, 0.25) is 0 Å². The molecule has 0 bridgehead atoms. The van der Waals surface area contributed by atoms with Crippen LogP contribution in [0.25, 0.3) is 0 Å². The van der Waals surface area contributed by atoms with Crippen molar-refractivity contribution >= 4 is 5.69 Å². The van der Waals surface area contributed by atoms with Crippen molar-refractivity contribution in [3.8, 4) is 5.75 Å². The van der Waals surface area contributed by atoms with Crippen LogP contribution in [0.1, 0.15) is 12.0 Å². The first-order valence-corrected chi connectivity index (χ1v) is 5.79. The van der Waals surface area contributed by atoms with Gasteiger partial charge in [-0.2, -0.15) is 0 Å². The predicted octanol–water partition coefficient (Wildman–Crippen LogP) is 2.01. The molecule has 2 N–H and O–H groups in total. The Morgan fingerprint density at radius 2 is 1.94 bits per heavy atom. The molecule has 0 heterocycles. The maximum Gasteiger partial charge on any atom is 0.124 e. The number of rotatable bonds is 8. The maximum atomic E-state index is 5.69. The Hall–Kier alpha value is -1.26. The fourth-order valence-electron chi connectivity index (χ4n) is 1.39. The van der Waals surface area contributed by atoms with Crippen LogP contribution >= 0.6 is 0 Å². The van der Waals surface area contributed by atoms with Crippen molar-refractivity contribution in [2.75, 3.05) is 39.3 Å². The molecule has 0 aromatic heterocycles. The van der Waals surface area contributed by atoms with Gasteiger partial charge in [0.2, 0.25) is 0 Å². The molecule has 0 radical (unpaired) electrons. The summed E-state index contributed by atoms with van der Waals surface area (Å²) in [5.74, 6) is 0.825. The number of hydrogen-bond donors (Lipinski definition) is 1. The molecule has 96 valence electrons. The van der Waals surface area contributed by atoms with Gasteiger partial charge in [0.15, 0.2) is 0 Å². The largest absolute Gasteiger partial charge is 0.491 e. The van der Waals surface area contributed by atoms with Gasteiger partial charge in [-0.05, 0) is 25.0 Å². The summed E-state index contributed by atoms with van der Waals surface area (Å²) in [5, 5.41) is 0. The summed E-state index contributed by atoms with van der Waals surface area (Å²) in [6.07, 6.45) is 0.911. The fourth-order valence-corrected chi connectivity index (χ4v) is 1.39. The lowest BCUT2D eigenvalue weighted by atomic mass is 10.2. The molecule has 0 unspecified atom stereocenters. The van der Waals surface area contributed by atoms with Gasteiger partial charge in [-0.15, -0.1) is 0 Å². The molecule has 0 spiro atoms. The Morgan fingerprint density at radius 3 is 2.71 bits per heavy atom. The van der Waals surface area contributed by atoms with E-state index in [0.29, 0.717) is 25.5 Å². The first-order chi connectivity index (χ1) is 8.24. The quantitative estimate of drug-likeness (QED) is 0.557. The molecule has 1 aromatic carbocycles. The standard InChI is InChI=1S/C13H21NO3/c1-11-4-5-12(14)10-13(11)17-9-8-16-7-3-6-15-2/h4-5,10H,3,6-9,14H2,1-2H3. The highest BCUT2D eigenvalue weighted by molar-refractivity contribution is 5.47. The van der Waals surface area contributed by atoms with Gasteiger partial charge in [0.05, 0.1) is 6.61 Å². The van der Waals surface area contributed by atoms with Crippen LogP contribution in [-0.4, -0.2) is 33.5 Å². The van der Waals surface area contributed by atoms with E-state index in [1.165, 1.54) is 0 Å². The first-order valence-electron chi connectivity index (χ1n) is 5.79. The minimum absolute atomic E-state index is 0.539. The van der Waals surface area contributed by atoms with Crippen molar-refractivity contribution in [3.05, 3.63) is 23.8 Å². The van der Waals surface area contributed by atoms with Crippen molar-refractivity contribution in [3.63, 3.8) is 0 Å². The molecule has 4 nitrogen and oxygen atoms in total. The lowest BCUT2D eigenvalue weighted by Gasteiger charge is -2.10. The number of methoxy groups -OCH3 is 1. The molecule has 0 saturated heterocycles. The van der Waals surface area contributed by atoms with Crippen LogP contribution in [-0.2, 0) is 9.47 Å². The normalized spacial score (nSPS) is 10.5. The Labute approximate surface area is 103 Å². The van der Waals surface area contributed by atoms with Crippen molar-refractivity contribution in [2.24, 2.45) is 0 Å². The zero-order valence-electron chi connectivity index (χ0n) is 10.6. The van der Waals surface area contributed by atoms with Crippen molar-refractivity contribution in [1.82, 2.24) is 0 Å². The first kappa shape index (κ1) is 13.8. The fraction of sp³-hybridized carbons (Fsp3) is 0.538. The highest BCUT2D eigenvalue weighted by atomic mass is 16.5. The average Bonchev–Trinajstić information content (AvgIpc) is 2.32. The monoisotopic (exact) mass is 239 g/mol. The number of ether oxygens (including phenoxy) is 3. The van der Waals surface area contributed by atoms with Gasteiger partial charge in [-0.3, -0.25) is 0 Å². The van der Waals surface area contributed by atoms with Crippen LogP contribution < -0.4 is 10.5 Å². The molecule has 0 aliphatic rings. The smallest absolute Gasteiger partial charge is 0.124 e. The van der Waals surface area contributed by atoms with Crippen LogP contribution in [0.5, 0.6) is 5.75 Å². The molecule has 17 heavy (non-hydrogen) atoms. The minimum Gasteiger partial charge on any atom is -0.491 e. The number of benzene rings is 1. The van der Waals surface area contributed by atoms with Gasteiger partial charge in [-0.1, -0.05) is 6.07 Å². The average molecular weight is 239 g/mol. The molecule has 1 rings (SSSR count). The molecular weight excluding hydrogens is 218 g/mol. The second-order valence-corrected chi connectivity index (χ2v) is 3.83. The van der Waals surface area contributed by atoms with Crippen molar-refractivity contribution in [1.29, 1.82) is 0 Å². The van der Waals surface area contributed by atoms with E-state index in [4.69, 9.17) is 19.9 Å².